The quantitative estimate of drug-likeness (QED) is 0.855. The number of carbonyl (C=O) groups excluding carboxylic acids is 2. The van der Waals surface area contributed by atoms with Gasteiger partial charge in [-0.05, 0) is 29.8 Å². The van der Waals surface area contributed by atoms with Crippen LogP contribution in [0.25, 0.3) is 0 Å². The van der Waals surface area contributed by atoms with E-state index in [1.807, 2.05) is 0 Å². The molecule has 0 aromatic heterocycles. The van der Waals surface area contributed by atoms with E-state index in [9.17, 15) is 9.59 Å². The van der Waals surface area contributed by atoms with E-state index in [0.717, 1.165) is 5.56 Å². The Labute approximate surface area is 140 Å². The Morgan fingerprint density at radius 1 is 0.958 bits per heavy atom. The summed E-state index contributed by atoms with van der Waals surface area (Å²) < 4.78 is 10.4. The van der Waals surface area contributed by atoms with Crippen molar-refractivity contribution in [1.82, 2.24) is 0 Å². The molecular weight excluding hydrogens is 308 g/mol. The summed E-state index contributed by atoms with van der Waals surface area (Å²) in [7, 11) is 3.10. The standard InChI is InChI=1S/C18H20N2O4/c1-12(21)19-14-6-4-13(5-7-14)10-18(22)20-16-11-15(23-2)8-9-17(16)24-3/h4-9,11H,10H2,1-3H3,(H,19,21)(H,20,22). The van der Waals surface area contributed by atoms with Crippen LogP contribution in [-0.4, -0.2) is 26.0 Å². The molecule has 0 radical (unpaired) electrons. The summed E-state index contributed by atoms with van der Waals surface area (Å²) >= 11 is 0. The van der Waals surface area contributed by atoms with Crippen LogP contribution >= 0.6 is 0 Å². The predicted molar refractivity (Wildman–Crippen MR) is 92.6 cm³/mol. The lowest BCUT2D eigenvalue weighted by molar-refractivity contribution is -0.116. The van der Waals surface area contributed by atoms with Crippen LogP contribution in [0.1, 0.15) is 12.5 Å². The number of anilines is 2. The number of methoxy groups -OCH3 is 2. The largest absolute Gasteiger partial charge is 0.497 e. The van der Waals surface area contributed by atoms with Gasteiger partial charge in [-0.2, -0.15) is 0 Å². The van der Waals surface area contributed by atoms with Gasteiger partial charge in [0.15, 0.2) is 0 Å². The van der Waals surface area contributed by atoms with Crippen molar-refractivity contribution in [1.29, 1.82) is 0 Å². The van der Waals surface area contributed by atoms with E-state index in [4.69, 9.17) is 9.47 Å². The third kappa shape index (κ3) is 4.74. The molecule has 2 aromatic carbocycles. The zero-order chi connectivity index (χ0) is 17.5. The Kier molecular flexibility index (Phi) is 5.78. The average molecular weight is 328 g/mol. The summed E-state index contributed by atoms with van der Waals surface area (Å²) in [5.74, 6) is 0.885. The molecule has 2 aromatic rings. The Bertz CT molecular complexity index is 726. The van der Waals surface area contributed by atoms with Crippen LogP contribution in [0.4, 0.5) is 11.4 Å². The van der Waals surface area contributed by atoms with Crippen LogP contribution in [0.5, 0.6) is 11.5 Å². The van der Waals surface area contributed by atoms with Crippen molar-refractivity contribution >= 4 is 23.2 Å². The van der Waals surface area contributed by atoms with Gasteiger partial charge in [0.25, 0.3) is 0 Å². The van der Waals surface area contributed by atoms with Crippen molar-refractivity contribution in [3.8, 4) is 11.5 Å². The molecule has 0 bridgehead atoms. The Balaban J connectivity index is 2.04. The van der Waals surface area contributed by atoms with Crippen molar-refractivity contribution < 1.29 is 19.1 Å². The molecule has 0 aliphatic heterocycles. The lowest BCUT2D eigenvalue weighted by atomic mass is 10.1. The van der Waals surface area contributed by atoms with Crippen molar-refractivity contribution in [2.45, 2.75) is 13.3 Å². The molecule has 0 aliphatic carbocycles. The zero-order valence-corrected chi connectivity index (χ0v) is 13.9. The van der Waals surface area contributed by atoms with Crippen LogP contribution in [0, 0.1) is 0 Å². The number of hydrogen-bond donors (Lipinski definition) is 2. The maximum Gasteiger partial charge on any atom is 0.228 e. The summed E-state index contributed by atoms with van der Waals surface area (Å²) in [6.45, 7) is 1.45. The fourth-order valence-electron chi connectivity index (χ4n) is 2.20. The number of amides is 2. The van der Waals surface area contributed by atoms with E-state index in [0.29, 0.717) is 22.9 Å². The monoisotopic (exact) mass is 328 g/mol. The number of benzene rings is 2. The lowest BCUT2D eigenvalue weighted by Crippen LogP contribution is -2.15. The van der Waals surface area contributed by atoms with Gasteiger partial charge < -0.3 is 20.1 Å². The fourth-order valence-corrected chi connectivity index (χ4v) is 2.20. The molecule has 0 heterocycles. The molecule has 6 heteroatoms. The first-order valence-corrected chi connectivity index (χ1v) is 7.40. The molecule has 0 fully saturated rings. The first kappa shape index (κ1) is 17.3. The van der Waals surface area contributed by atoms with E-state index in [1.165, 1.54) is 14.0 Å². The summed E-state index contributed by atoms with van der Waals surface area (Å²) in [5.41, 5.74) is 2.08. The van der Waals surface area contributed by atoms with Crippen LogP contribution in [0.2, 0.25) is 0 Å². The zero-order valence-electron chi connectivity index (χ0n) is 13.9. The summed E-state index contributed by atoms with van der Waals surface area (Å²) in [6, 6.07) is 12.3. The van der Waals surface area contributed by atoms with E-state index in [-0.39, 0.29) is 18.2 Å². The number of carbonyl (C=O) groups is 2. The second-order valence-corrected chi connectivity index (χ2v) is 5.17. The molecular formula is C18H20N2O4. The molecule has 0 aliphatic rings. The van der Waals surface area contributed by atoms with Gasteiger partial charge in [-0.25, -0.2) is 0 Å². The smallest absolute Gasteiger partial charge is 0.228 e. The molecule has 24 heavy (non-hydrogen) atoms. The first-order valence-electron chi connectivity index (χ1n) is 7.40. The molecule has 0 saturated heterocycles. The Morgan fingerprint density at radius 2 is 1.67 bits per heavy atom. The average Bonchev–Trinajstić information content (AvgIpc) is 2.56. The van der Waals surface area contributed by atoms with Gasteiger partial charge >= 0.3 is 0 Å². The molecule has 2 amide bonds. The highest BCUT2D eigenvalue weighted by Gasteiger charge is 2.10. The minimum absolute atomic E-state index is 0.134. The fraction of sp³-hybridized carbons (Fsp3) is 0.222. The molecule has 126 valence electrons. The molecule has 2 rings (SSSR count). The minimum atomic E-state index is -0.172. The van der Waals surface area contributed by atoms with E-state index >= 15 is 0 Å². The van der Waals surface area contributed by atoms with Crippen molar-refractivity contribution in [2.24, 2.45) is 0 Å². The van der Waals surface area contributed by atoms with Gasteiger partial charge in [-0.1, -0.05) is 12.1 Å². The van der Waals surface area contributed by atoms with Gasteiger partial charge in [0.1, 0.15) is 11.5 Å². The van der Waals surface area contributed by atoms with E-state index < -0.39 is 0 Å². The number of rotatable bonds is 6. The number of nitrogens with one attached hydrogen (secondary N) is 2. The van der Waals surface area contributed by atoms with Gasteiger partial charge in [0.05, 0.1) is 26.3 Å². The highest BCUT2D eigenvalue weighted by molar-refractivity contribution is 5.94. The van der Waals surface area contributed by atoms with Crippen molar-refractivity contribution in [3.63, 3.8) is 0 Å². The maximum atomic E-state index is 12.2. The van der Waals surface area contributed by atoms with E-state index in [2.05, 4.69) is 10.6 Å². The highest BCUT2D eigenvalue weighted by Crippen LogP contribution is 2.29. The van der Waals surface area contributed by atoms with Gasteiger partial charge in [0, 0.05) is 18.7 Å². The molecule has 0 unspecified atom stereocenters. The Morgan fingerprint density at radius 3 is 2.25 bits per heavy atom. The van der Waals surface area contributed by atoms with Crippen LogP contribution in [0.3, 0.4) is 0 Å². The molecule has 0 atom stereocenters. The maximum absolute atomic E-state index is 12.2. The molecule has 2 N–H and O–H groups in total. The van der Waals surface area contributed by atoms with Crippen LogP contribution in [-0.2, 0) is 16.0 Å². The summed E-state index contributed by atoms with van der Waals surface area (Å²) in [6.07, 6.45) is 0.209. The minimum Gasteiger partial charge on any atom is -0.497 e. The number of ether oxygens (including phenoxy) is 2. The topological polar surface area (TPSA) is 76.7 Å². The molecule has 6 nitrogen and oxygen atoms in total. The third-order valence-corrected chi connectivity index (χ3v) is 3.32. The van der Waals surface area contributed by atoms with Gasteiger partial charge in [-0.3, -0.25) is 9.59 Å². The highest BCUT2D eigenvalue weighted by atomic mass is 16.5. The molecule has 0 saturated carbocycles. The predicted octanol–water partition coefficient (Wildman–Crippen LogP) is 2.84. The Hall–Kier alpha value is -3.02. The normalized spacial score (nSPS) is 9.96. The lowest BCUT2D eigenvalue weighted by Gasteiger charge is -2.12. The first-order chi connectivity index (χ1) is 11.5. The SMILES string of the molecule is COc1ccc(OC)c(NC(=O)Cc2ccc(NC(C)=O)cc2)c1. The van der Waals surface area contributed by atoms with Gasteiger partial charge in [-0.15, -0.1) is 0 Å². The third-order valence-electron chi connectivity index (χ3n) is 3.32. The van der Waals surface area contributed by atoms with Crippen LogP contribution < -0.4 is 20.1 Å². The number of hydrogen-bond acceptors (Lipinski definition) is 4. The molecule has 0 spiro atoms. The van der Waals surface area contributed by atoms with E-state index in [1.54, 1.807) is 49.6 Å². The second-order valence-electron chi connectivity index (χ2n) is 5.17. The van der Waals surface area contributed by atoms with Crippen molar-refractivity contribution in [2.75, 3.05) is 24.9 Å². The second kappa shape index (κ2) is 8.01. The van der Waals surface area contributed by atoms with Crippen LogP contribution in [0.15, 0.2) is 42.5 Å². The summed E-state index contributed by atoms with van der Waals surface area (Å²) in [5, 5.41) is 5.50. The van der Waals surface area contributed by atoms with Gasteiger partial charge in [0.2, 0.25) is 11.8 Å². The summed E-state index contributed by atoms with van der Waals surface area (Å²) in [4.78, 5) is 23.2. The van der Waals surface area contributed by atoms with Crippen molar-refractivity contribution in [3.05, 3.63) is 48.0 Å².